The highest BCUT2D eigenvalue weighted by atomic mass is 32.2. The summed E-state index contributed by atoms with van der Waals surface area (Å²) in [6.45, 7) is 3.09. The third kappa shape index (κ3) is 3.49. The predicted octanol–water partition coefficient (Wildman–Crippen LogP) is 1.64. The van der Waals surface area contributed by atoms with E-state index >= 15 is 0 Å². The molecule has 2 heterocycles. The number of benzene rings is 1. The second kappa shape index (κ2) is 6.33. The van der Waals surface area contributed by atoms with Crippen molar-refractivity contribution in [2.45, 2.75) is 37.2 Å². The molecule has 3 rings (SSSR count). The minimum Gasteiger partial charge on any atom is -0.377 e. The Hall–Kier alpha value is -1.25. The zero-order valence-electron chi connectivity index (χ0n) is 12.8. The third-order valence-electron chi connectivity index (χ3n) is 4.47. The highest BCUT2D eigenvalue weighted by Crippen LogP contribution is 2.26. The molecule has 23 heavy (non-hydrogen) atoms. The minimum atomic E-state index is -3.47. The van der Waals surface area contributed by atoms with Gasteiger partial charge in [-0.1, -0.05) is 0 Å². The summed E-state index contributed by atoms with van der Waals surface area (Å²) in [4.78, 5) is 1.73. The van der Waals surface area contributed by atoms with Gasteiger partial charge in [0.25, 0.3) is 0 Å². The van der Waals surface area contributed by atoms with E-state index in [-0.39, 0.29) is 12.1 Å². The van der Waals surface area contributed by atoms with Crippen molar-refractivity contribution >= 4 is 15.7 Å². The van der Waals surface area contributed by atoms with Crippen molar-refractivity contribution in [2.24, 2.45) is 0 Å². The molecular weight excluding hydrogens is 326 g/mol. The molecule has 2 saturated heterocycles. The smallest absolute Gasteiger partial charge is 0.217 e. The van der Waals surface area contributed by atoms with E-state index in [2.05, 4.69) is 4.72 Å². The maximum Gasteiger partial charge on any atom is 0.217 e. The molecule has 0 unspecified atom stereocenters. The van der Waals surface area contributed by atoms with Crippen LogP contribution in [0.25, 0.3) is 0 Å². The van der Waals surface area contributed by atoms with E-state index in [1.54, 1.807) is 11.8 Å². The zero-order chi connectivity index (χ0) is 16.6. The highest BCUT2D eigenvalue weighted by molar-refractivity contribution is 7.90. The first-order valence-corrected chi connectivity index (χ1v) is 9.24. The fourth-order valence-corrected chi connectivity index (χ4v) is 5.07. The fraction of sp³-hybridized carbons (Fsp3) is 0.600. The van der Waals surface area contributed by atoms with Crippen molar-refractivity contribution in [3.63, 3.8) is 0 Å². The Morgan fingerprint density at radius 2 is 2.09 bits per heavy atom. The number of sulfonamides is 1. The van der Waals surface area contributed by atoms with Crippen LogP contribution in [0.1, 0.15) is 19.8 Å². The van der Waals surface area contributed by atoms with Gasteiger partial charge in [-0.05, 0) is 31.9 Å². The molecule has 5 nitrogen and oxygen atoms in total. The van der Waals surface area contributed by atoms with E-state index < -0.39 is 26.9 Å². The van der Waals surface area contributed by atoms with Gasteiger partial charge in [-0.25, -0.2) is 21.9 Å². The molecule has 0 spiro atoms. The van der Waals surface area contributed by atoms with E-state index in [9.17, 15) is 17.2 Å². The highest BCUT2D eigenvalue weighted by Gasteiger charge is 2.38. The first-order chi connectivity index (χ1) is 10.9. The number of hydrogen-bond acceptors (Lipinski definition) is 4. The molecule has 2 aliphatic rings. The summed E-state index contributed by atoms with van der Waals surface area (Å²) in [5.74, 6) is -1.26. The molecule has 1 aromatic rings. The van der Waals surface area contributed by atoms with Crippen LogP contribution in [0.3, 0.4) is 0 Å². The third-order valence-corrected chi connectivity index (χ3v) is 6.55. The number of rotatable bonds is 4. The molecule has 2 aliphatic heterocycles. The van der Waals surface area contributed by atoms with E-state index in [4.69, 9.17) is 4.74 Å². The Kier molecular flexibility index (Phi) is 4.57. The van der Waals surface area contributed by atoms with E-state index in [0.717, 1.165) is 6.07 Å². The second-order valence-corrected chi connectivity index (χ2v) is 8.02. The van der Waals surface area contributed by atoms with Crippen LogP contribution < -0.4 is 9.62 Å². The molecular formula is C15H20F2N2O3S. The van der Waals surface area contributed by atoms with Crippen molar-refractivity contribution in [3.8, 4) is 0 Å². The standard InChI is InChI=1S/C15H20F2N2O3S/c1-10-15(5-7-22-10)23(20,21)18-12-4-6-19(9-12)14-3-2-11(16)8-13(14)17/h2-3,8,10,12,15,18H,4-7,9H2,1H3/t10-,12+,15+/m0/s1. The van der Waals surface area contributed by atoms with Crippen LogP contribution in [0.15, 0.2) is 18.2 Å². The number of nitrogens with zero attached hydrogens (tertiary/aromatic N) is 1. The lowest BCUT2D eigenvalue weighted by atomic mass is 10.2. The molecule has 8 heteroatoms. The predicted molar refractivity (Wildman–Crippen MR) is 82.9 cm³/mol. The summed E-state index contributed by atoms with van der Waals surface area (Å²) in [5, 5.41) is -0.542. The largest absolute Gasteiger partial charge is 0.377 e. The van der Waals surface area contributed by atoms with Crippen LogP contribution in [0, 0.1) is 11.6 Å². The quantitative estimate of drug-likeness (QED) is 0.900. The average Bonchev–Trinajstić information content (AvgIpc) is 3.08. The summed E-state index contributed by atoms with van der Waals surface area (Å²) in [6, 6.07) is 3.14. The Morgan fingerprint density at radius 3 is 2.74 bits per heavy atom. The maximum absolute atomic E-state index is 13.8. The maximum atomic E-state index is 13.8. The van der Waals surface area contributed by atoms with Gasteiger partial charge in [-0.15, -0.1) is 0 Å². The Balaban J connectivity index is 1.66. The van der Waals surface area contributed by atoms with Crippen LogP contribution in [0.4, 0.5) is 14.5 Å². The summed E-state index contributed by atoms with van der Waals surface area (Å²) in [7, 11) is -3.47. The van der Waals surface area contributed by atoms with Crippen molar-refractivity contribution in [1.29, 1.82) is 0 Å². The lowest BCUT2D eigenvalue weighted by Crippen LogP contribution is -2.44. The van der Waals surface area contributed by atoms with E-state index in [1.807, 2.05) is 0 Å². The molecule has 0 saturated carbocycles. The second-order valence-electron chi connectivity index (χ2n) is 6.09. The van der Waals surface area contributed by atoms with Gasteiger partial charge in [0.05, 0.1) is 11.8 Å². The van der Waals surface area contributed by atoms with Gasteiger partial charge >= 0.3 is 0 Å². The average molecular weight is 346 g/mol. The van der Waals surface area contributed by atoms with Gasteiger partial charge < -0.3 is 9.64 Å². The van der Waals surface area contributed by atoms with Crippen LogP contribution in [0.2, 0.25) is 0 Å². The SMILES string of the molecule is C[C@@H]1OCC[C@H]1S(=O)(=O)N[C@@H]1CCN(c2ccc(F)cc2F)C1. The molecule has 1 aromatic carbocycles. The minimum absolute atomic E-state index is 0.280. The van der Waals surface area contributed by atoms with Gasteiger partial charge in [-0.3, -0.25) is 0 Å². The van der Waals surface area contributed by atoms with Gasteiger partial charge in [0.1, 0.15) is 16.9 Å². The number of nitrogens with one attached hydrogen (secondary N) is 1. The van der Waals surface area contributed by atoms with Gasteiger partial charge in [-0.2, -0.15) is 0 Å². The van der Waals surface area contributed by atoms with Crippen molar-refractivity contribution < 1.29 is 21.9 Å². The lowest BCUT2D eigenvalue weighted by Gasteiger charge is -2.21. The Labute approximate surface area is 134 Å². The molecule has 0 aliphatic carbocycles. The molecule has 1 N–H and O–H groups in total. The summed E-state index contributed by atoms with van der Waals surface area (Å²) in [6.07, 6.45) is 0.747. The molecule has 2 fully saturated rings. The fourth-order valence-electron chi connectivity index (χ4n) is 3.25. The molecule has 0 radical (unpaired) electrons. The molecule has 3 atom stereocenters. The zero-order valence-corrected chi connectivity index (χ0v) is 13.7. The number of halogens is 2. The summed E-state index contributed by atoms with van der Waals surface area (Å²) >= 11 is 0. The Bertz CT molecular complexity index is 683. The van der Waals surface area contributed by atoms with Crippen LogP contribution in [-0.4, -0.2) is 45.5 Å². The number of ether oxygens (including phenoxy) is 1. The summed E-state index contributed by atoms with van der Waals surface area (Å²) in [5.41, 5.74) is 0.297. The van der Waals surface area contributed by atoms with E-state index in [1.165, 1.54) is 12.1 Å². The van der Waals surface area contributed by atoms with Gasteiger partial charge in [0.2, 0.25) is 10.0 Å². The topological polar surface area (TPSA) is 58.6 Å². The molecule has 0 aromatic heterocycles. The van der Waals surface area contributed by atoms with Gasteiger partial charge in [0, 0.05) is 31.8 Å². The van der Waals surface area contributed by atoms with Crippen LogP contribution in [-0.2, 0) is 14.8 Å². The number of anilines is 1. The first kappa shape index (κ1) is 16.6. The van der Waals surface area contributed by atoms with Crippen molar-refractivity contribution in [3.05, 3.63) is 29.8 Å². The van der Waals surface area contributed by atoms with Crippen molar-refractivity contribution in [2.75, 3.05) is 24.6 Å². The van der Waals surface area contributed by atoms with Gasteiger partial charge in [0.15, 0.2) is 0 Å². The Morgan fingerprint density at radius 1 is 1.30 bits per heavy atom. The summed E-state index contributed by atoms with van der Waals surface area (Å²) < 4.78 is 59.7. The molecule has 0 bridgehead atoms. The normalized spacial score (nSPS) is 28.5. The van der Waals surface area contributed by atoms with Crippen LogP contribution >= 0.6 is 0 Å². The van der Waals surface area contributed by atoms with Crippen molar-refractivity contribution in [1.82, 2.24) is 4.72 Å². The van der Waals surface area contributed by atoms with E-state index in [0.29, 0.717) is 38.2 Å². The number of hydrogen-bond donors (Lipinski definition) is 1. The molecule has 0 amide bonds. The monoisotopic (exact) mass is 346 g/mol. The lowest BCUT2D eigenvalue weighted by molar-refractivity contribution is 0.126. The molecule has 128 valence electrons. The van der Waals surface area contributed by atoms with Crippen LogP contribution in [0.5, 0.6) is 0 Å². The first-order valence-electron chi connectivity index (χ1n) is 7.69.